The van der Waals surface area contributed by atoms with Crippen molar-refractivity contribution in [2.45, 2.75) is 31.6 Å². The Bertz CT molecular complexity index is 333. The van der Waals surface area contributed by atoms with Crippen LogP contribution in [-0.2, 0) is 6.42 Å². The summed E-state index contributed by atoms with van der Waals surface area (Å²) in [5.74, 6) is 0.923. The van der Waals surface area contributed by atoms with Gasteiger partial charge in [0.1, 0.15) is 5.75 Å². The van der Waals surface area contributed by atoms with Gasteiger partial charge in [0.05, 0.1) is 7.11 Å². The van der Waals surface area contributed by atoms with E-state index in [2.05, 4.69) is 19.1 Å². The van der Waals surface area contributed by atoms with Gasteiger partial charge < -0.3 is 4.74 Å². The van der Waals surface area contributed by atoms with Crippen molar-refractivity contribution in [3.63, 3.8) is 0 Å². The molecule has 0 heterocycles. The molecular weight excluding hydrogens is 208 g/mol. The molecule has 0 amide bonds. The molecule has 2 rings (SSSR count). The molecule has 0 unspecified atom stereocenters. The van der Waals surface area contributed by atoms with Crippen LogP contribution in [0.4, 0.5) is 0 Å². The van der Waals surface area contributed by atoms with Gasteiger partial charge in [0, 0.05) is 5.38 Å². The largest absolute Gasteiger partial charge is 0.497 e. The van der Waals surface area contributed by atoms with E-state index >= 15 is 0 Å². The third-order valence-electron chi connectivity index (χ3n) is 3.39. The molecule has 1 nitrogen and oxygen atoms in total. The number of rotatable bonds is 4. The number of aryl methyl sites for hydroxylation is 1. The van der Waals surface area contributed by atoms with Crippen molar-refractivity contribution < 1.29 is 4.74 Å². The lowest BCUT2D eigenvalue weighted by Crippen LogP contribution is -2.00. The van der Waals surface area contributed by atoms with Crippen molar-refractivity contribution in [3.05, 3.63) is 29.8 Å². The fourth-order valence-corrected chi connectivity index (χ4v) is 2.29. The van der Waals surface area contributed by atoms with E-state index in [1.165, 1.54) is 18.4 Å². The first-order chi connectivity index (χ1) is 7.14. The quantitative estimate of drug-likeness (QED) is 0.710. The molecule has 1 saturated carbocycles. The van der Waals surface area contributed by atoms with Gasteiger partial charge >= 0.3 is 0 Å². The highest BCUT2D eigenvalue weighted by atomic mass is 35.5. The highest BCUT2D eigenvalue weighted by Gasteiger charge is 2.47. The second-order valence-corrected chi connectivity index (χ2v) is 5.20. The fraction of sp³-hybridized carbons (Fsp3) is 0.538. The number of alkyl halides is 1. The summed E-state index contributed by atoms with van der Waals surface area (Å²) in [5, 5.41) is 0.399. The van der Waals surface area contributed by atoms with Crippen LogP contribution in [-0.4, -0.2) is 12.5 Å². The van der Waals surface area contributed by atoms with Crippen molar-refractivity contribution in [2.75, 3.05) is 7.11 Å². The minimum absolute atomic E-state index is 0.390. The normalized spacial score (nSPS) is 28.9. The van der Waals surface area contributed by atoms with E-state index in [0.717, 1.165) is 12.2 Å². The second kappa shape index (κ2) is 4.05. The van der Waals surface area contributed by atoms with Crippen LogP contribution in [0.2, 0.25) is 0 Å². The van der Waals surface area contributed by atoms with Gasteiger partial charge in [0.2, 0.25) is 0 Å². The standard InChI is InChI=1S/C13H17ClO/c1-13(9-12(13)14)8-7-10-3-5-11(15-2)6-4-10/h3-6,12H,7-9H2,1-2H3/t12-,13+/m1/s1. The lowest BCUT2D eigenvalue weighted by molar-refractivity contribution is 0.414. The zero-order valence-corrected chi connectivity index (χ0v) is 10.1. The lowest BCUT2D eigenvalue weighted by atomic mass is 9.99. The molecule has 0 saturated heterocycles. The van der Waals surface area contributed by atoms with Crippen LogP contribution in [0.5, 0.6) is 5.75 Å². The molecule has 1 aromatic rings. The minimum Gasteiger partial charge on any atom is -0.497 e. The first kappa shape index (κ1) is 10.8. The van der Waals surface area contributed by atoms with Crippen molar-refractivity contribution in [2.24, 2.45) is 5.41 Å². The van der Waals surface area contributed by atoms with Gasteiger partial charge in [-0.25, -0.2) is 0 Å². The third-order valence-corrected chi connectivity index (χ3v) is 4.07. The van der Waals surface area contributed by atoms with Crippen LogP contribution < -0.4 is 4.74 Å². The summed E-state index contributed by atoms with van der Waals surface area (Å²) in [7, 11) is 1.69. The molecule has 15 heavy (non-hydrogen) atoms. The molecule has 0 bridgehead atoms. The van der Waals surface area contributed by atoms with Crippen LogP contribution in [0.25, 0.3) is 0 Å². The molecule has 1 aliphatic rings. The third kappa shape index (κ3) is 2.46. The van der Waals surface area contributed by atoms with Crippen LogP contribution in [0, 0.1) is 5.41 Å². The van der Waals surface area contributed by atoms with Crippen molar-refractivity contribution in [3.8, 4) is 5.75 Å². The Morgan fingerprint density at radius 2 is 2.00 bits per heavy atom. The summed E-state index contributed by atoms with van der Waals surface area (Å²) in [6.07, 6.45) is 3.47. The SMILES string of the molecule is COc1ccc(CC[C@@]2(C)C[C@H]2Cl)cc1. The Labute approximate surface area is 96.4 Å². The Balaban J connectivity index is 1.88. The molecule has 0 radical (unpaired) electrons. The molecule has 2 atom stereocenters. The molecule has 0 aromatic heterocycles. The number of halogens is 1. The average Bonchev–Trinajstić information content (AvgIpc) is 2.85. The predicted molar refractivity (Wildman–Crippen MR) is 63.7 cm³/mol. The van der Waals surface area contributed by atoms with Crippen molar-refractivity contribution >= 4 is 11.6 Å². The Kier molecular flexibility index (Phi) is 2.92. The average molecular weight is 225 g/mol. The minimum atomic E-state index is 0.390. The maximum absolute atomic E-state index is 6.09. The number of methoxy groups -OCH3 is 1. The molecule has 1 aromatic carbocycles. The summed E-state index contributed by atoms with van der Waals surface area (Å²) in [4.78, 5) is 0. The van der Waals surface area contributed by atoms with Gasteiger partial charge in [-0.3, -0.25) is 0 Å². The zero-order valence-electron chi connectivity index (χ0n) is 9.29. The summed E-state index contributed by atoms with van der Waals surface area (Å²) in [6, 6.07) is 8.30. The maximum atomic E-state index is 6.09. The molecule has 2 heteroatoms. The van der Waals surface area contributed by atoms with E-state index in [-0.39, 0.29) is 0 Å². The molecule has 0 aliphatic heterocycles. The number of ether oxygens (including phenoxy) is 1. The molecule has 0 spiro atoms. The van der Waals surface area contributed by atoms with Crippen molar-refractivity contribution in [1.29, 1.82) is 0 Å². The van der Waals surface area contributed by atoms with Gasteiger partial charge in [-0.15, -0.1) is 11.6 Å². The predicted octanol–water partition coefficient (Wildman–Crippen LogP) is 3.65. The second-order valence-electron chi connectivity index (χ2n) is 4.67. The first-order valence-corrected chi connectivity index (χ1v) is 5.85. The smallest absolute Gasteiger partial charge is 0.118 e. The summed E-state index contributed by atoms with van der Waals surface area (Å²) in [5.41, 5.74) is 1.76. The van der Waals surface area contributed by atoms with Crippen LogP contribution in [0.15, 0.2) is 24.3 Å². The van der Waals surface area contributed by atoms with E-state index in [0.29, 0.717) is 10.8 Å². The summed E-state index contributed by atoms with van der Waals surface area (Å²) >= 11 is 6.09. The number of benzene rings is 1. The van der Waals surface area contributed by atoms with Gasteiger partial charge in [-0.1, -0.05) is 19.1 Å². The maximum Gasteiger partial charge on any atom is 0.118 e. The van der Waals surface area contributed by atoms with Crippen LogP contribution in [0.3, 0.4) is 0 Å². The van der Waals surface area contributed by atoms with Gasteiger partial charge in [-0.2, -0.15) is 0 Å². The number of hydrogen-bond acceptors (Lipinski definition) is 1. The molecule has 82 valence electrons. The molecule has 1 fully saturated rings. The molecule has 1 aliphatic carbocycles. The monoisotopic (exact) mass is 224 g/mol. The summed E-state index contributed by atoms with van der Waals surface area (Å²) in [6.45, 7) is 2.27. The van der Waals surface area contributed by atoms with Gasteiger partial charge in [-0.05, 0) is 42.4 Å². The highest BCUT2D eigenvalue weighted by Crippen LogP contribution is 2.53. The highest BCUT2D eigenvalue weighted by molar-refractivity contribution is 6.23. The van der Waals surface area contributed by atoms with E-state index < -0.39 is 0 Å². The Hall–Kier alpha value is -0.690. The lowest BCUT2D eigenvalue weighted by Gasteiger charge is -2.08. The van der Waals surface area contributed by atoms with Gasteiger partial charge in [0.25, 0.3) is 0 Å². The Morgan fingerprint density at radius 1 is 1.40 bits per heavy atom. The summed E-state index contributed by atoms with van der Waals surface area (Å²) < 4.78 is 5.12. The van der Waals surface area contributed by atoms with E-state index in [9.17, 15) is 0 Å². The van der Waals surface area contributed by atoms with Gasteiger partial charge in [0.15, 0.2) is 0 Å². The Morgan fingerprint density at radius 3 is 2.47 bits per heavy atom. The molecule has 0 N–H and O–H groups in total. The fourth-order valence-electron chi connectivity index (χ4n) is 1.83. The van der Waals surface area contributed by atoms with E-state index in [1.54, 1.807) is 7.11 Å². The molecular formula is C13H17ClO. The van der Waals surface area contributed by atoms with Crippen molar-refractivity contribution in [1.82, 2.24) is 0 Å². The van der Waals surface area contributed by atoms with Crippen LogP contribution >= 0.6 is 11.6 Å². The number of hydrogen-bond donors (Lipinski definition) is 0. The van der Waals surface area contributed by atoms with Crippen LogP contribution in [0.1, 0.15) is 25.3 Å². The van der Waals surface area contributed by atoms with E-state index in [1.807, 2.05) is 12.1 Å². The topological polar surface area (TPSA) is 9.23 Å². The zero-order chi connectivity index (χ0) is 10.9. The first-order valence-electron chi connectivity index (χ1n) is 5.41. The van der Waals surface area contributed by atoms with E-state index in [4.69, 9.17) is 16.3 Å².